The summed E-state index contributed by atoms with van der Waals surface area (Å²) in [6, 6.07) is 7.95. The van der Waals surface area contributed by atoms with Crippen LogP contribution in [0.3, 0.4) is 0 Å². The van der Waals surface area contributed by atoms with Crippen LogP contribution in [0, 0.1) is 11.8 Å². The van der Waals surface area contributed by atoms with Crippen molar-refractivity contribution in [1.29, 1.82) is 0 Å². The van der Waals surface area contributed by atoms with E-state index in [-0.39, 0.29) is 5.92 Å². The lowest BCUT2D eigenvalue weighted by atomic mass is 10.1. The summed E-state index contributed by atoms with van der Waals surface area (Å²) in [5, 5.41) is 9.12. The van der Waals surface area contributed by atoms with Crippen LogP contribution >= 0.6 is 0 Å². The minimum Gasteiger partial charge on any atom is -0.493 e. The molecule has 22 heavy (non-hydrogen) atoms. The number of carbonyl (C=O) groups is 1. The van der Waals surface area contributed by atoms with Crippen molar-refractivity contribution >= 4 is 11.7 Å². The molecule has 0 bridgehead atoms. The molecular formula is C18H29NO3. The van der Waals surface area contributed by atoms with Crippen LogP contribution in [0.15, 0.2) is 24.3 Å². The van der Waals surface area contributed by atoms with Gasteiger partial charge in [0.2, 0.25) is 0 Å². The lowest BCUT2D eigenvalue weighted by Crippen LogP contribution is -2.32. The van der Waals surface area contributed by atoms with E-state index in [9.17, 15) is 4.79 Å². The van der Waals surface area contributed by atoms with E-state index in [4.69, 9.17) is 9.84 Å². The third kappa shape index (κ3) is 6.37. The fourth-order valence-corrected chi connectivity index (χ4v) is 2.10. The molecule has 0 aliphatic heterocycles. The maximum atomic E-state index is 11.1. The summed E-state index contributed by atoms with van der Waals surface area (Å²) in [4.78, 5) is 13.2. The predicted molar refractivity (Wildman–Crippen MR) is 90.7 cm³/mol. The summed E-state index contributed by atoms with van der Waals surface area (Å²) in [6.07, 6.45) is 2.14. The summed E-state index contributed by atoms with van der Waals surface area (Å²) in [6.45, 7) is 10.2. The number of anilines is 1. The molecule has 4 nitrogen and oxygen atoms in total. The van der Waals surface area contributed by atoms with Crippen molar-refractivity contribution < 1.29 is 14.6 Å². The summed E-state index contributed by atoms with van der Waals surface area (Å²) in [5.41, 5.74) is 1.05. The van der Waals surface area contributed by atoms with E-state index in [2.05, 4.69) is 25.7 Å². The minimum atomic E-state index is -0.751. The van der Waals surface area contributed by atoms with Crippen LogP contribution in [-0.4, -0.2) is 30.8 Å². The Morgan fingerprint density at radius 2 is 1.86 bits per heavy atom. The average molecular weight is 307 g/mol. The van der Waals surface area contributed by atoms with Gasteiger partial charge in [-0.15, -0.1) is 0 Å². The molecular weight excluding hydrogens is 278 g/mol. The van der Waals surface area contributed by atoms with Crippen molar-refractivity contribution in [3.05, 3.63) is 24.3 Å². The van der Waals surface area contributed by atoms with Gasteiger partial charge in [0.15, 0.2) is 0 Å². The standard InChI is InChI=1S/C18H29NO3/c1-5-6-11-19(12-15(4)18(20)21)16-7-9-17(10-8-16)22-13-14(2)3/h7-10,14-15H,5-6,11-13H2,1-4H3,(H,20,21). The van der Waals surface area contributed by atoms with Crippen LogP contribution in [0.25, 0.3) is 0 Å². The van der Waals surface area contributed by atoms with Gasteiger partial charge in [-0.3, -0.25) is 4.79 Å². The number of nitrogens with zero attached hydrogens (tertiary/aromatic N) is 1. The van der Waals surface area contributed by atoms with Crippen LogP contribution in [0.4, 0.5) is 5.69 Å². The van der Waals surface area contributed by atoms with E-state index >= 15 is 0 Å². The number of hydrogen-bond donors (Lipinski definition) is 1. The molecule has 1 unspecified atom stereocenters. The zero-order chi connectivity index (χ0) is 16.5. The molecule has 4 heteroatoms. The Morgan fingerprint density at radius 3 is 2.36 bits per heavy atom. The minimum absolute atomic E-state index is 0.381. The molecule has 0 aliphatic rings. The van der Waals surface area contributed by atoms with Gasteiger partial charge in [-0.1, -0.05) is 34.1 Å². The van der Waals surface area contributed by atoms with Crippen molar-refractivity contribution in [2.24, 2.45) is 11.8 Å². The number of unbranched alkanes of at least 4 members (excludes halogenated alkanes) is 1. The number of rotatable bonds is 10. The van der Waals surface area contributed by atoms with Crippen molar-refractivity contribution in [3.8, 4) is 5.75 Å². The first kappa shape index (κ1) is 18.3. The number of benzene rings is 1. The highest BCUT2D eigenvalue weighted by molar-refractivity contribution is 5.70. The summed E-state index contributed by atoms with van der Waals surface area (Å²) in [7, 11) is 0. The fourth-order valence-electron chi connectivity index (χ4n) is 2.10. The molecule has 0 amide bonds. The Bertz CT molecular complexity index is 442. The molecule has 0 heterocycles. The molecule has 1 aromatic carbocycles. The van der Waals surface area contributed by atoms with Gasteiger partial charge in [0.05, 0.1) is 12.5 Å². The maximum Gasteiger partial charge on any atom is 0.308 e. The molecule has 1 rings (SSSR count). The fraction of sp³-hybridized carbons (Fsp3) is 0.611. The van der Waals surface area contributed by atoms with Crippen LogP contribution < -0.4 is 9.64 Å². The maximum absolute atomic E-state index is 11.1. The zero-order valence-corrected chi connectivity index (χ0v) is 14.2. The molecule has 0 radical (unpaired) electrons. The van der Waals surface area contributed by atoms with Gasteiger partial charge in [-0.2, -0.15) is 0 Å². The first-order valence-electron chi connectivity index (χ1n) is 8.14. The summed E-state index contributed by atoms with van der Waals surface area (Å²) >= 11 is 0. The molecule has 0 spiro atoms. The molecule has 1 N–H and O–H groups in total. The van der Waals surface area contributed by atoms with Crippen molar-refractivity contribution in [3.63, 3.8) is 0 Å². The van der Waals surface area contributed by atoms with E-state index in [1.54, 1.807) is 6.92 Å². The topological polar surface area (TPSA) is 49.8 Å². The van der Waals surface area contributed by atoms with Gasteiger partial charge in [-0.25, -0.2) is 0 Å². The van der Waals surface area contributed by atoms with Crippen LogP contribution in [-0.2, 0) is 4.79 Å². The normalized spacial score (nSPS) is 12.2. The summed E-state index contributed by atoms with van der Waals surface area (Å²) < 4.78 is 5.69. The summed E-state index contributed by atoms with van der Waals surface area (Å²) in [5.74, 6) is 0.225. The van der Waals surface area contributed by atoms with Gasteiger partial charge < -0.3 is 14.7 Å². The van der Waals surface area contributed by atoms with Gasteiger partial charge in [0.1, 0.15) is 5.75 Å². The zero-order valence-electron chi connectivity index (χ0n) is 14.2. The van der Waals surface area contributed by atoms with Crippen LogP contribution in [0.1, 0.15) is 40.5 Å². The number of aliphatic carboxylic acids is 1. The molecule has 0 saturated carbocycles. The Labute approximate surface area is 134 Å². The second kappa shape index (κ2) is 9.34. The molecule has 0 aromatic heterocycles. The van der Waals surface area contributed by atoms with Gasteiger partial charge in [0.25, 0.3) is 0 Å². The monoisotopic (exact) mass is 307 g/mol. The first-order chi connectivity index (χ1) is 10.4. The number of hydrogen-bond acceptors (Lipinski definition) is 3. The van der Waals surface area contributed by atoms with E-state index in [0.717, 1.165) is 30.8 Å². The van der Waals surface area contributed by atoms with Crippen molar-refractivity contribution in [2.75, 3.05) is 24.6 Å². The molecule has 124 valence electrons. The molecule has 0 aliphatic carbocycles. The Morgan fingerprint density at radius 1 is 1.23 bits per heavy atom. The smallest absolute Gasteiger partial charge is 0.308 e. The molecule has 1 aromatic rings. The second-order valence-corrected chi connectivity index (χ2v) is 6.24. The second-order valence-electron chi connectivity index (χ2n) is 6.24. The third-order valence-corrected chi connectivity index (χ3v) is 3.48. The molecule has 0 fully saturated rings. The van der Waals surface area contributed by atoms with Crippen molar-refractivity contribution in [2.45, 2.75) is 40.5 Å². The highest BCUT2D eigenvalue weighted by Crippen LogP contribution is 2.21. The van der Waals surface area contributed by atoms with Gasteiger partial charge in [0, 0.05) is 18.8 Å². The van der Waals surface area contributed by atoms with E-state index in [0.29, 0.717) is 19.1 Å². The van der Waals surface area contributed by atoms with Crippen LogP contribution in [0.5, 0.6) is 5.75 Å². The largest absolute Gasteiger partial charge is 0.493 e. The number of ether oxygens (including phenoxy) is 1. The van der Waals surface area contributed by atoms with E-state index in [1.807, 2.05) is 24.3 Å². The number of carboxylic acids is 1. The SMILES string of the molecule is CCCCN(CC(C)C(=O)O)c1ccc(OCC(C)C)cc1. The molecule has 1 atom stereocenters. The lowest BCUT2D eigenvalue weighted by molar-refractivity contribution is -0.140. The van der Waals surface area contributed by atoms with Crippen molar-refractivity contribution in [1.82, 2.24) is 0 Å². The van der Waals surface area contributed by atoms with Crippen LogP contribution in [0.2, 0.25) is 0 Å². The Hall–Kier alpha value is -1.71. The highest BCUT2D eigenvalue weighted by atomic mass is 16.5. The first-order valence-corrected chi connectivity index (χ1v) is 8.14. The Kier molecular flexibility index (Phi) is 7.78. The highest BCUT2D eigenvalue weighted by Gasteiger charge is 2.16. The molecule has 0 saturated heterocycles. The lowest BCUT2D eigenvalue weighted by Gasteiger charge is -2.26. The number of carboxylic acid groups (broad SMARTS) is 1. The van der Waals surface area contributed by atoms with E-state index in [1.165, 1.54) is 0 Å². The predicted octanol–water partition coefficient (Wildman–Crippen LogP) is 4.05. The average Bonchev–Trinajstić information content (AvgIpc) is 2.49. The van der Waals surface area contributed by atoms with Gasteiger partial charge >= 0.3 is 5.97 Å². The van der Waals surface area contributed by atoms with E-state index < -0.39 is 5.97 Å². The third-order valence-electron chi connectivity index (χ3n) is 3.48. The Balaban J connectivity index is 2.74. The van der Waals surface area contributed by atoms with Gasteiger partial charge in [-0.05, 0) is 36.6 Å². The quantitative estimate of drug-likeness (QED) is 0.708.